The summed E-state index contributed by atoms with van der Waals surface area (Å²) in [7, 11) is 0. The summed E-state index contributed by atoms with van der Waals surface area (Å²) in [6, 6.07) is 66.1. The highest BCUT2D eigenvalue weighted by molar-refractivity contribution is 7.25. The summed E-state index contributed by atoms with van der Waals surface area (Å²) in [5.74, 6) is 0. The molecule has 1 aliphatic carbocycles. The number of thiophene rings is 1. The zero-order valence-electron chi connectivity index (χ0n) is 29.1. The molecule has 0 amide bonds. The number of anilines is 3. The average molecular weight is 696 g/mol. The Labute approximate surface area is 311 Å². The standard InChI is InChI=1S/C50H33NOS/c1-50(42-19-9-5-15-37(42)38-16-6-10-20-43(38)50)44-29-33(30-46-49(44)41-18-7-11-21-45(41)52-46)32-23-25-35(26-24-32)51(34-13-3-2-4-14-34)36-27-28-40-39-17-8-12-22-47(39)53-48(40)31-36/h2-31H,1H3. The number of rotatable bonds is 5. The maximum Gasteiger partial charge on any atom is 0.136 e. The highest BCUT2D eigenvalue weighted by atomic mass is 32.1. The molecule has 53 heavy (non-hydrogen) atoms. The van der Waals surface area contributed by atoms with Gasteiger partial charge in [-0.1, -0.05) is 121 Å². The van der Waals surface area contributed by atoms with Crippen LogP contribution in [0.15, 0.2) is 186 Å². The topological polar surface area (TPSA) is 16.4 Å². The molecule has 11 rings (SSSR count). The van der Waals surface area contributed by atoms with Gasteiger partial charge in [0.25, 0.3) is 0 Å². The van der Waals surface area contributed by atoms with E-state index >= 15 is 0 Å². The van der Waals surface area contributed by atoms with Gasteiger partial charge in [-0.3, -0.25) is 0 Å². The molecule has 0 atom stereocenters. The smallest absolute Gasteiger partial charge is 0.136 e. The van der Waals surface area contributed by atoms with Gasteiger partial charge >= 0.3 is 0 Å². The number of fused-ring (bicyclic) bond motifs is 9. The highest BCUT2D eigenvalue weighted by Gasteiger charge is 2.42. The number of nitrogens with zero attached hydrogens (tertiary/aromatic N) is 1. The molecule has 2 aromatic heterocycles. The first-order valence-corrected chi connectivity index (χ1v) is 19.0. The van der Waals surface area contributed by atoms with Crippen LogP contribution in [0.4, 0.5) is 17.1 Å². The van der Waals surface area contributed by atoms with Crippen molar-refractivity contribution < 1.29 is 4.42 Å². The van der Waals surface area contributed by atoms with Crippen LogP contribution in [0, 0.1) is 0 Å². The lowest BCUT2D eigenvalue weighted by molar-refractivity contribution is 0.666. The fourth-order valence-corrected chi connectivity index (χ4v) is 9.98. The van der Waals surface area contributed by atoms with Crippen LogP contribution in [0.3, 0.4) is 0 Å². The van der Waals surface area contributed by atoms with Crippen molar-refractivity contribution in [3.63, 3.8) is 0 Å². The Kier molecular flexibility index (Phi) is 6.58. The van der Waals surface area contributed by atoms with E-state index in [0.29, 0.717) is 0 Å². The van der Waals surface area contributed by atoms with Gasteiger partial charge in [-0.2, -0.15) is 0 Å². The van der Waals surface area contributed by atoms with Crippen LogP contribution in [-0.2, 0) is 5.41 Å². The SMILES string of the molecule is CC1(c2cc(-c3ccc(N(c4ccccc4)c4ccc5c(c4)sc4ccccc45)cc3)cc3oc4ccccc4c23)c2ccccc2-c2ccccc21. The lowest BCUT2D eigenvalue weighted by atomic mass is 9.72. The van der Waals surface area contributed by atoms with Gasteiger partial charge in [0.1, 0.15) is 11.2 Å². The van der Waals surface area contributed by atoms with Crippen LogP contribution >= 0.6 is 11.3 Å². The van der Waals surface area contributed by atoms with Crippen molar-refractivity contribution in [2.24, 2.45) is 0 Å². The number of hydrogen-bond acceptors (Lipinski definition) is 3. The maximum atomic E-state index is 6.66. The predicted molar refractivity (Wildman–Crippen MR) is 224 cm³/mol. The van der Waals surface area contributed by atoms with Gasteiger partial charge in [0.05, 0.1) is 0 Å². The Morgan fingerprint density at radius 2 is 1.04 bits per heavy atom. The molecule has 0 N–H and O–H groups in total. The van der Waals surface area contributed by atoms with Crippen LogP contribution in [-0.4, -0.2) is 0 Å². The third-order valence-electron chi connectivity index (χ3n) is 11.3. The van der Waals surface area contributed by atoms with Crippen molar-refractivity contribution in [3.05, 3.63) is 199 Å². The molecule has 0 saturated heterocycles. The van der Waals surface area contributed by atoms with Crippen molar-refractivity contribution in [3.8, 4) is 22.3 Å². The van der Waals surface area contributed by atoms with Crippen molar-refractivity contribution in [1.82, 2.24) is 0 Å². The third kappa shape index (κ3) is 4.51. The lowest BCUT2D eigenvalue weighted by Crippen LogP contribution is -2.22. The molecule has 0 unspecified atom stereocenters. The van der Waals surface area contributed by atoms with Crippen molar-refractivity contribution in [1.29, 1.82) is 0 Å². The molecule has 0 saturated carbocycles. The molecule has 0 bridgehead atoms. The molecule has 10 aromatic rings. The quantitative estimate of drug-likeness (QED) is 0.178. The Morgan fingerprint density at radius 1 is 0.434 bits per heavy atom. The first-order valence-electron chi connectivity index (χ1n) is 18.2. The molecule has 2 nitrogen and oxygen atoms in total. The van der Waals surface area contributed by atoms with E-state index in [1.807, 2.05) is 11.3 Å². The summed E-state index contributed by atoms with van der Waals surface area (Å²) < 4.78 is 9.27. The van der Waals surface area contributed by atoms with Gasteiger partial charge in [0.2, 0.25) is 0 Å². The largest absolute Gasteiger partial charge is 0.456 e. The van der Waals surface area contributed by atoms with Crippen molar-refractivity contribution in [2.75, 3.05) is 4.90 Å². The fourth-order valence-electron chi connectivity index (χ4n) is 8.84. The molecule has 0 aliphatic heterocycles. The molecule has 3 heteroatoms. The van der Waals surface area contributed by atoms with Crippen LogP contribution in [0.2, 0.25) is 0 Å². The normalized spacial score (nSPS) is 13.2. The molecule has 2 heterocycles. The average Bonchev–Trinajstić information content (AvgIpc) is 3.87. The van der Waals surface area contributed by atoms with E-state index < -0.39 is 0 Å². The fraction of sp³-hybridized carbons (Fsp3) is 0.0400. The molecule has 250 valence electrons. The highest BCUT2D eigenvalue weighted by Crippen LogP contribution is 2.55. The van der Waals surface area contributed by atoms with Crippen LogP contribution in [0.1, 0.15) is 23.6 Å². The summed E-state index contributed by atoms with van der Waals surface area (Å²) in [6.07, 6.45) is 0. The van der Waals surface area contributed by atoms with E-state index in [1.165, 1.54) is 53.4 Å². The van der Waals surface area contributed by atoms with Gasteiger partial charge < -0.3 is 9.32 Å². The molecule has 8 aromatic carbocycles. The van der Waals surface area contributed by atoms with E-state index in [-0.39, 0.29) is 5.41 Å². The zero-order chi connectivity index (χ0) is 35.1. The van der Waals surface area contributed by atoms with Crippen LogP contribution < -0.4 is 4.90 Å². The summed E-state index contributed by atoms with van der Waals surface area (Å²) in [5, 5.41) is 4.95. The minimum atomic E-state index is -0.372. The third-order valence-corrected chi connectivity index (χ3v) is 12.5. The van der Waals surface area contributed by atoms with E-state index in [0.717, 1.165) is 44.7 Å². The van der Waals surface area contributed by atoms with E-state index in [4.69, 9.17) is 4.42 Å². The molecule has 1 aliphatic rings. The number of para-hydroxylation sites is 2. The Morgan fingerprint density at radius 3 is 1.81 bits per heavy atom. The minimum absolute atomic E-state index is 0.372. The van der Waals surface area contributed by atoms with Gasteiger partial charge in [-0.05, 0) is 107 Å². The first kappa shape index (κ1) is 30.2. The summed E-state index contributed by atoms with van der Waals surface area (Å²) in [5.41, 5.74) is 13.6. The van der Waals surface area contributed by atoms with Gasteiger partial charge in [-0.15, -0.1) is 11.3 Å². The zero-order valence-corrected chi connectivity index (χ0v) is 29.9. The summed E-state index contributed by atoms with van der Waals surface area (Å²) >= 11 is 1.85. The van der Waals surface area contributed by atoms with Crippen LogP contribution in [0.25, 0.3) is 64.4 Å². The second-order valence-electron chi connectivity index (χ2n) is 14.2. The monoisotopic (exact) mass is 695 g/mol. The number of benzene rings is 8. The summed E-state index contributed by atoms with van der Waals surface area (Å²) in [6.45, 7) is 2.40. The Hall–Kier alpha value is -6.42. The maximum absolute atomic E-state index is 6.66. The van der Waals surface area contributed by atoms with E-state index in [1.54, 1.807) is 0 Å². The minimum Gasteiger partial charge on any atom is -0.456 e. The van der Waals surface area contributed by atoms with Gasteiger partial charge in [-0.25, -0.2) is 0 Å². The van der Waals surface area contributed by atoms with Crippen molar-refractivity contribution in [2.45, 2.75) is 12.3 Å². The first-order chi connectivity index (χ1) is 26.1. The molecular formula is C50H33NOS. The molecule has 0 radical (unpaired) electrons. The summed E-state index contributed by atoms with van der Waals surface area (Å²) in [4.78, 5) is 2.36. The van der Waals surface area contributed by atoms with Gasteiger partial charge in [0.15, 0.2) is 0 Å². The van der Waals surface area contributed by atoms with E-state index in [2.05, 4.69) is 194 Å². The Bertz CT molecular complexity index is 2980. The van der Waals surface area contributed by atoms with Gasteiger partial charge in [0, 0.05) is 53.4 Å². The van der Waals surface area contributed by atoms with E-state index in [9.17, 15) is 0 Å². The molecular weight excluding hydrogens is 663 g/mol. The number of furan rings is 1. The van der Waals surface area contributed by atoms with Crippen LogP contribution in [0.5, 0.6) is 0 Å². The molecule has 0 fully saturated rings. The number of hydrogen-bond donors (Lipinski definition) is 0. The second kappa shape index (κ2) is 11.5. The van der Waals surface area contributed by atoms with Crippen molar-refractivity contribution >= 4 is 70.5 Å². The Balaban J connectivity index is 1.08. The second-order valence-corrected chi connectivity index (χ2v) is 15.3. The lowest BCUT2D eigenvalue weighted by Gasteiger charge is -2.30. The predicted octanol–water partition coefficient (Wildman–Crippen LogP) is 14.4. The molecule has 0 spiro atoms.